The SMILES string of the molecule is COc1ccc(NC(=O)c2cc3ccc4cccnc4c3[nH]2)cc1. The molecule has 0 unspecified atom stereocenters. The van der Waals surface area contributed by atoms with Gasteiger partial charge in [-0.05, 0) is 36.4 Å². The van der Waals surface area contributed by atoms with Crippen molar-refractivity contribution in [3.63, 3.8) is 0 Å². The van der Waals surface area contributed by atoms with E-state index in [0.29, 0.717) is 11.4 Å². The van der Waals surface area contributed by atoms with E-state index >= 15 is 0 Å². The van der Waals surface area contributed by atoms with E-state index in [1.165, 1.54) is 0 Å². The maximum absolute atomic E-state index is 12.5. The Morgan fingerprint density at radius 3 is 2.67 bits per heavy atom. The smallest absolute Gasteiger partial charge is 0.272 e. The average Bonchev–Trinajstić information content (AvgIpc) is 3.07. The Labute approximate surface area is 138 Å². The number of carbonyl (C=O) groups excluding carboxylic acids is 1. The van der Waals surface area contributed by atoms with Gasteiger partial charge in [-0.25, -0.2) is 0 Å². The van der Waals surface area contributed by atoms with E-state index in [-0.39, 0.29) is 5.91 Å². The van der Waals surface area contributed by atoms with Crippen LogP contribution in [0, 0.1) is 0 Å². The fourth-order valence-corrected chi connectivity index (χ4v) is 2.73. The summed E-state index contributed by atoms with van der Waals surface area (Å²) in [7, 11) is 1.61. The van der Waals surface area contributed by atoms with E-state index in [1.54, 1.807) is 37.6 Å². The number of fused-ring (bicyclic) bond motifs is 3. The largest absolute Gasteiger partial charge is 0.497 e. The van der Waals surface area contributed by atoms with Crippen molar-refractivity contribution >= 4 is 33.4 Å². The topological polar surface area (TPSA) is 67.0 Å². The summed E-state index contributed by atoms with van der Waals surface area (Å²) in [5, 5.41) is 4.87. The Bertz CT molecular complexity index is 1040. The summed E-state index contributed by atoms with van der Waals surface area (Å²) in [4.78, 5) is 20.1. The second-order valence-corrected chi connectivity index (χ2v) is 5.47. The molecular weight excluding hydrogens is 302 g/mol. The standard InChI is InChI=1S/C19H15N3O2/c1-24-15-8-6-14(7-9-15)21-19(23)16-11-13-5-4-12-3-2-10-20-17(12)18(13)22-16/h2-11,22H,1H3,(H,21,23). The van der Waals surface area contributed by atoms with E-state index in [4.69, 9.17) is 4.74 Å². The molecule has 0 bridgehead atoms. The van der Waals surface area contributed by atoms with Crippen LogP contribution >= 0.6 is 0 Å². The van der Waals surface area contributed by atoms with Crippen molar-refractivity contribution in [3.8, 4) is 5.75 Å². The number of hydrogen-bond acceptors (Lipinski definition) is 3. The van der Waals surface area contributed by atoms with Crippen LogP contribution in [0.5, 0.6) is 5.75 Å². The Balaban J connectivity index is 1.67. The third-order valence-corrected chi connectivity index (χ3v) is 3.96. The van der Waals surface area contributed by atoms with Crippen LogP contribution in [0.2, 0.25) is 0 Å². The average molecular weight is 317 g/mol. The third kappa shape index (κ3) is 2.46. The van der Waals surface area contributed by atoms with Gasteiger partial charge in [0, 0.05) is 22.7 Å². The number of ether oxygens (including phenoxy) is 1. The predicted octanol–water partition coefficient (Wildman–Crippen LogP) is 3.98. The molecule has 0 radical (unpaired) electrons. The number of amides is 1. The van der Waals surface area contributed by atoms with Crippen molar-refractivity contribution in [2.75, 3.05) is 12.4 Å². The number of benzene rings is 2. The summed E-state index contributed by atoms with van der Waals surface area (Å²) in [6.45, 7) is 0. The van der Waals surface area contributed by atoms with Crippen molar-refractivity contribution in [3.05, 3.63) is 66.5 Å². The highest BCUT2D eigenvalue weighted by atomic mass is 16.5. The van der Waals surface area contributed by atoms with Gasteiger partial charge in [-0.1, -0.05) is 18.2 Å². The van der Waals surface area contributed by atoms with Gasteiger partial charge in [-0.3, -0.25) is 9.78 Å². The molecule has 0 aliphatic rings. The molecule has 0 fully saturated rings. The molecule has 0 atom stereocenters. The number of nitrogens with one attached hydrogen (secondary N) is 2. The van der Waals surface area contributed by atoms with Crippen LogP contribution in [0.1, 0.15) is 10.5 Å². The Morgan fingerprint density at radius 1 is 1.08 bits per heavy atom. The summed E-state index contributed by atoms with van der Waals surface area (Å²) in [6.07, 6.45) is 1.75. The van der Waals surface area contributed by atoms with Crippen LogP contribution in [-0.4, -0.2) is 23.0 Å². The summed E-state index contributed by atoms with van der Waals surface area (Å²) in [5.74, 6) is 0.552. The molecule has 0 spiro atoms. The normalized spacial score (nSPS) is 10.9. The maximum Gasteiger partial charge on any atom is 0.272 e. The number of hydrogen-bond donors (Lipinski definition) is 2. The highest BCUT2D eigenvalue weighted by molar-refractivity contribution is 6.10. The fourth-order valence-electron chi connectivity index (χ4n) is 2.73. The van der Waals surface area contributed by atoms with E-state index in [9.17, 15) is 4.79 Å². The minimum atomic E-state index is -0.194. The zero-order valence-electron chi connectivity index (χ0n) is 13.0. The van der Waals surface area contributed by atoms with Gasteiger partial charge >= 0.3 is 0 Å². The number of aromatic nitrogens is 2. The van der Waals surface area contributed by atoms with Crippen LogP contribution in [0.25, 0.3) is 21.8 Å². The van der Waals surface area contributed by atoms with Crippen molar-refractivity contribution < 1.29 is 9.53 Å². The van der Waals surface area contributed by atoms with E-state index in [0.717, 1.165) is 27.6 Å². The van der Waals surface area contributed by atoms with Gasteiger partial charge in [-0.15, -0.1) is 0 Å². The minimum absolute atomic E-state index is 0.194. The number of H-pyrrole nitrogens is 1. The molecule has 4 aromatic rings. The van der Waals surface area contributed by atoms with Crippen LogP contribution in [-0.2, 0) is 0 Å². The summed E-state index contributed by atoms with van der Waals surface area (Å²) < 4.78 is 5.11. The van der Waals surface area contributed by atoms with Crippen molar-refractivity contribution in [1.82, 2.24) is 9.97 Å². The molecule has 0 aliphatic heterocycles. The van der Waals surface area contributed by atoms with Crippen molar-refractivity contribution in [2.24, 2.45) is 0 Å². The highest BCUT2D eigenvalue weighted by Gasteiger charge is 2.12. The lowest BCUT2D eigenvalue weighted by Gasteiger charge is -2.05. The first-order valence-electron chi connectivity index (χ1n) is 7.56. The second-order valence-electron chi connectivity index (χ2n) is 5.47. The van der Waals surface area contributed by atoms with Gasteiger partial charge in [0.05, 0.1) is 18.1 Å². The lowest BCUT2D eigenvalue weighted by Crippen LogP contribution is -2.12. The molecule has 2 aromatic carbocycles. The quantitative estimate of drug-likeness (QED) is 0.600. The number of pyridine rings is 1. The van der Waals surface area contributed by atoms with Crippen LogP contribution < -0.4 is 10.1 Å². The van der Waals surface area contributed by atoms with Gasteiger partial charge in [0.15, 0.2) is 0 Å². The van der Waals surface area contributed by atoms with E-state index in [2.05, 4.69) is 15.3 Å². The molecule has 4 rings (SSSR count). The first-order valence-corrected chi connectivity index (χ1v) is 7.56. The molecule has 2 heterocycles. The van der Waals surface area contributed by atoms with Crippen LogP contribution in [0.4, 0.5) is 5.69 Å². The molecule has 24 heavy (non-hydrogen) atoms. The third-order valence-electron chi connectivity index (χ3n) is 3.96. The van der Waals surface area contributed by atoms with Gasteiger partial charge in [0.1, 0.15) is 11.4 Å². The molecule has 0 saturated carbocycles. The van der Waals surface area contributed by atoms with Gasteiger partial charge in [0.25, 0.3) is 5.91 Å². The van der Waals surface area contributed by atoms with Gasteiger partial charge < -0.3 is 15.0 Å². The van der Waals surface area contributed by atoms with Gasteiger partial charge in [-0.2, -0.15) is 0 Å². The molecule has 118 valence electrons. The highest BCUT2D eigenvalue weighted by Crippen LogP contribution is 2.24. The Morgan fingerprint density at radius 2 is 1.88 bits per heavy atom. The summed E-state index contributed by atoms with van der Waals surface area (Å²) in [6, 6.07) is 16.9. The molecule has 0 aliphatic carbocycles. The molecule has 5 heteroatoms. The van der Waals surface area contributed by atoms with E-state index in [1.807, 2.05) is 30.3 Å². The van der Waals surface area contributed by atoms with Crippen molar-refractivity contribution in [1.29, 1.82) is 0 Å². The summed E-state index contributed by atoms with van der Waals surface area (Å²) >= 11 is 0. The molecule has 5 nitrogen and oxygen atoms in total. The summed E-state index contributed by atoms with van der Waals surface area (Å²) in [5.41, 5.74) is 2.94. The zero-order chi connectivity index (χ0) is 16.5. The van der Waals surface area contributed by atoms with Crippen LogP contribution in [0.3, 0.4) is 0 Å². The maximum atomic E-state index is 12.5. The number of anilines is 1. The number of methoxy groups -OCH3 is 1. The lowest BCUT2D eigenvalue weighted by molar-refractivity contribution is 0.102. The second kappa shape index (κ2) is 5.70. The first-order chi connectivity index (χ1) is 11.7. The molecular formula is C19H15N3O2. The number of rotatable bonds is 3. The molecule has 0 saturated heterocycles. The Hall–Kier alpha value is -3.34. The zero-order valence-corrected chi connectivity index (χ0v) is 13.0. The van der Waals surface area contributed by atoms with Gasteiger partial charge in [0.2, 0.25) is 0 Å². The Kier molecular flexibility index (Phi) is 3.39. The fraction of sp³-hybridized carbons (Fsp3) is 0.0526. The lowest BCUT2D eigenvalue weighted by atomic mass is 10.1. The molecule has 2 N–H and O–H groups in total. The predicted molar refractivity (Wildman–Crippen MR) is 94.5 cm³/mol. The van der Waals surface area contributed by atoms with E-state index < -0.39 is 0 Å². The molecule has 1 amide bonds. The van der Waals surface area contributed by atoms with Crippen LogP contribution in [0.15, 0.2) is 60.8 Å². The monoisotopic (exact) mass is 317 g/mol. The number of nitrogens with zero attached hydrogens (tertiary/aromatic N) is 1. The number of aromatic amines is 1. The first kappa shape index (κ1) is 14.3. The molecule has 2 aromatic heterocycles. The number of carbonyl (C=O) groups is 1. The minimum Gasteiger partial charge on any atom is -0.497 e. The van der Waals surface area contributed by atoms with Crippen molar-refractivity contribution in [2.45, 2.75) is 0 Å².